The molecule has 0 saturated carbocycles. The second-order valence-electron chi connectivity index (χ2n) is 9.23. The zero-order valence-electron chi connectivity index (χ0n) is 24.2. The Bertz CT molecular complexity index is 1990. The first-order valence-electron chi connectivity index (χ1n) is 12.7. The Kier molecular flexibility index (Phi) is 14.6. The Balaban J connectivity index is 0.000000292. The molecule has 0 spiro atoms. The molecule has 0 aliphatic heterocycles. The van der Waals surface area contributed by atoms with Crippen molar-refractivity contribution in [3.05, 3.63) is 98.6 Å². The number of nitrogens with two attached hydrogens (primary N) is 1. The molecular weight excluding hydrogens is 811 g/mol. The number of alkyl halides is 10. The van der Waals surface area contributed by atoms with Gasteiger partial charge in [0.1, 0.15) is 14.6 Å². The number of halogens is 14. The van der Waals surface area contributed by atoms with E-state index in [0.717, 1.165) is 30.6 Å². The standard InChI is InChI=1S/C13H7ClF6N2O2S.C7H7F3N2O.C6H2ClF3O2S/c14-6-2-8(25-10(6)13(18,19)20)11(23)21-5-1-7(15)12(24)22(3-5)4-9(16)17;8-5-1-4(11)2-12(7(5)13)3-6(9)10;7-2-1-3(5(11)12)13-4(2)6(8,9)10/h1-3,9H,4H2,(H,21,23);1-2,6H,3,11H2;1H,(H,11,12). The van der Waals surface area contributed by atoms with Crippen LogP contribution in [0.25, 0.3) is 0 Å². The Morgan fingerprint density at radius 3 is 1.57 bits per heavy atom. The smallest absolute Gasteiger partial charge is 0.427 e. The number of hydrogen-bond acceptors (Lipinski definition) is 7. The van der Waals surface area contributed by atoms with Crippen molar-refractivity contribution >= 4 is 69.1 Å². The average molecular weight is 827 g/mol. The van der Waals surface area contributed by atoms with E-state index in [4.69, 9.17) is 34.0 Å². The van der Waals surface area contributed by atoms with Crippen molar-refractivity contribution in [1.29, 1.82) is 0 Å². The van der Waals surface area contributed by atoms with Gasteiger partial charge in [0.25, 0.3) is 29.9 Å². The number of anilines is 2. The summed E-state index contributed by atoms with van der Waals surface area (Å²) in [5, 5.41) is 9.15. The number of carbonyl (C=O) groups excluding carboxylic acids is 1. The van der Waals surface area contributed by atoms with Crippen LogP contribution in [0.3, 0.4) is 0 Å². The molecule has 0 aliphatic rings. The van der Waals surface area contributed by atoms with E-state index in [9.17, 15) is 71.9 Å². The maximum Gasteiger partial charge on any atom is 0.427 e. The van der Waals surface area contributed by atoms with Gasteiger partial charge >= 0.3 is 18.3 Å². The molecule has 4 aromatic rings. The highest BCUT2D eigenvalue weighted by Crippen LogP contribution is 2.41. The Morgan fingerprint density at radius 1 is 0.765 bits per heavy atom. The van der Waals surface area contributed by atoms with Gasteiger partial charge in [-0.1, -0.05) is 23.2 Å². The molecule has 4 N–H and O–H groups in total. The van der Waals surface area contributed by atoms with E-state index in [1.165, 1.54) is 0 Å². The topological polar surface area (TPSA) is 136 Å². The number of pyridine rings is 2. The summed E-state index contributed by atoms with van der Waals surface area (Å²) in [7, 11) is 0. The number of nitrogens with one attached hydrogen (secondary N) is 1. The minimum absolute atomic E-state index is 0.0576. The van der Waals surface area contributed by atoms with Crippen molar-refractivity contribution in [2.75, 3.05) is 11.1 Å². The van der Waals surface area contributed by atoms with E-state index >= 15 is 0 Å². The van der Waals surface area contributed by atoms with Crippen molar-refractivity contribution in [1.82, 2.24) is 9.13 Å². The first-order chi connectivity index (χ1) is 23.3. The number of nitrogen functional groups attached to an aromatic ring is 1. The number of hydrogen-bond donors (Lipinski definition) is 3. The first-order valence-corrected chi connectivity index (χ1v) is 15.1. The van der Waals surface area contributed by atoms with E-state index in [2.05, 4.69) is 0 Å². The van der Waals surface area contributed by atoms with Gasteiger partial charge in [-0.25, -0.2) is 31.1 Å². The molecule has 0 atom stereocenters. The molecule has 4 heterocycles. The monoisotopic (exact) mass is 826 g/mol. The van der Waals surface area contributed by atoms with E-state index in [1.807, 2.05) is 5.32 Å². The van der Waals surface area contributed by atoms with Crippen LogP contribution in [0, 0.1) is 11.6 Å². The number of carboxylic acids is 1. The van der Waals surface area contributed by atoms with Crippen LogP contribution < -0.4 is 22.2 Å². The van der Waals surface area contributed by atoms with Crippen LogP contribution in [-0.2, 0) is 25.4 Å². The molecule has 0 unspecified atom stereocenters. The van der Waals surface area contributed by atoms with Crippen molar-refractivity contribution in [2.45, 2.75) is 38.3 Å². The molecule has 0 fully saturated rings. The molecule has 9 nitrogen and oxygen atoms in total. The van der Waals surface area contributed by atoms with Gasteiger partial charge in [-0.2, -0.15) is 26.3 Å². The van der Waals surface area contributed by atoms with Crippen molar-refractivity contribution in [3.8, 4) is 0 Å². The lowest BCUT2D eigenvalue weighted by Crippen LogP contribution is -2.26. The number of rotatable bonds is 7. The summed E-state index contributed by atoms with van der Waals surface area (Å²) in [6.45, 7) is -1.96. The van der Waals surface area contributed by atoms with Gasteiger partial charge in [-0.15, -0.1) is 22.7 Å². The second-order valence-corrected chi connectivity index (χ2v) is 12.1. The molecule has 51 heavy (non-hydrogen) atoms. The zero-order valence-corrected chi connectivity index (χ0v) is 27.3. The summed E-state index contributed by atoms with van der Waals surface area (Å²) in [6.07, 6.45) is -13.3. The lowest BCUT2D eigenvalue weighted by atomic mass is 10.3. The Morgan fingerprint density at radius 2 is 1.18 bits per heavy atom. The van der Waals surface area contributed by atoms with E-state index in [-0.39, 0.29) is 34.0 Å². The highest BCUT2D eigenvalue weighted by molar-refractivity contribution is 7.15. The van der Waals surface area contributed by atoms with Crippen LogP contribution >= 0.6 is 45.9 Å². The largest absolute Gasteiger partial charge is 0.477 e. The third kappa shape index (κ3) is 12.5. The molecule has 0 radical (unpaired) electrons. The summed E-state index contributed by atoms with van der Waals surface area (Å²) in [5.74, 6) is -5.01. The number of amides is 1. The molecule has 25 heteroatoms. The number of carboxylic acid groups (broad SMARTS) is 1. The van der Waals surface area contributed by atoms with Gasteiger partial charge in [-0.3, -0.25) is 14.4 Å². The Labute approximate surface area is 293 Å². The summed E-state index contributed by atoms with van der Waals surface area (Å²) in [4.78, 5) is 41.3. The summed E-state index contributed by atoms with van der Waals surface area (Å²) in [6, 6.07) is 2.93. The van der Waals surface area contributed by atoms with E-state index < -0.39 is 102 Å². The van der Waals surface area contributed by atoms with Gasteiger partial charge in [0.05, 0.1) is 39.4 Å². The predicted octanol–water partition coefficient (Wildman–Crippen LogP) is 8.19. The predicted molar refractivity (Wildman–Crippen MR) is 161 cm³/mol. The van der Waals surface area contributed by atoms with Crippen LogP contribution in [0.2, 0.25) is 10.0 Å². The highest BCUT2D eigenvalue weighted by atomic mass is 35.5. The molecule has 280 valence electrons. The first kappa shape index (κ1) is 42.9. The zero-order chi connectivity index (χ0) is 39.2. The van der Waals surface area contributed by atoms with Gasteiger partial charge in [0, 0.05) is 24.5 Å². The Hall–Kier alpha value is -4.22. The molecule has 0 saturated heterocycles. The van der Waals surface area contributed by atoms with Gasteiger partial charge in [0.2, 0.25) is 0 Å². The van der Waals surface area contributed by atoms with Crippen molar-refractivity contribution in [2.24, 2.45) is 0 Å². The molecule has 4 rings (SSSR count). The fourth-order valence-corrected chi connectivity index (χ4v) is 5.75. The van der Waals surface area contributed by atoms with Crippen LogP contribution in [0.4, 0.5) is 64.1 Å². The fourth-order valence-electron chi connectivity index (χ4n) is 3.39. The number of aromatic nitrogens is 2. The molecule has 0 bridgehead atoms. The molecule has 1 amide bonds. The van der Waals surface area contributed by atoms with Crippen molar-refractivity contribution < 1.29 is 67.4 Å². The molecule has 0 aromatic carbocycles. The van der Waals surface area contributed by atoms with E-state index in [1.54, 1.807) is 0 Å². The van der Waals surface area contributed by atoms with Gasteiger partial charge in [-0.05, 0) is 12.1 Å². The third-order valence-electron chi connectivity index (χ3n) is 5.36. The fraction of sp³-hybridized carbons (Fsp3) is 0.231. The highest BCUT2D eigenvalue weighted by Gasteiger charge is 2.37. The quantitative estimate of drug-likeness (QED) is 0.161. The molecule has 0 aliphatic carbocycles. The minimum atomic E-state index is -4.75. The SMILES string of the molecule is Nc1cc(F)c(=O)n(CC(F)F)c1.O=C(Nc1cc(F)c(=O)n(CC(F)F)c1)c1cc(Cl)c(C(F)(F)F)s1.O=C(O)c1cc(Cl)c(C(F)(F)F)s1. The number of aromatic carboxylic acids is 1. The van der Waals surface area contributed by atoms with Crippen molar-refractivity contribution in [3.63, 3.8) is 0 Å². The van der Waals surface area contributed by atoms with Crippen LogP contribution in [0.1, 0.15) is 29.1 Å². The number of carbonyl (C=O) groups is 2. The van der Waals surface area contributed by atoms with Gasteiger partial charge in [0.15, 0.2) is 11.6 Å². The lowest BCUT2D eigenvalue weighted by molar-refractivity contribution is -0.135. The maximum absolute atomic E-state index is 13.5. The maximum atomic E-state index is 13.5. The van der Waals surface area contributed by atoms with E-state index in [0.29, 0.717) is 15.2 Å². The summed E-state index contributed by atoms with van der Waals surface area (Å²) in [5.41, 5.74) is 2.32. The van der Waals surface area contributed by atoms with Crippen LogP contribution in [0.15, 0.2) is 46.2 Å². The van der Waals surface area contributed by atoms with Gasteiger partial charge < -0.3 is 25.3 Å². The summed E-state index contributed by atoms with van der Waals surface area (Å²) >= 11 is 10.8. The second kappa shape index (κ2) is 17.3. The molecule has 4 aromatic heterocycles. The summed E-state index contributed by atoms with van der Waals surface area (Å²) < 4.78 is 150. The average Bonchev–Trinajstić information content (AvgIpc) is 3.57. The normalized spacial score (nSPS) is 11.5. The lowest BCUT2D eigenvalue weighted by Gasteiger charge is -2.09. The molecular formula is C26H16Cl2F12N4O5S2. The minimum Gasteiger partial charge on any atom is -0.477 e. The van der Waals surface area contributed by atoms with Crippen LogP contribution in [-0.4, -0.2) is 39.0 Å². The third-order valence-corrected chi connectivity index (χ3v) is 8.52. The van der Waals surface area contributed by atoms with Crippen LogP contribution in [0.5, 0.6) is 0 Å². The number of nitrogens with zero attached hydrogens (tertiary/aromatic N) is 2. The number of thiophene rings is 2.